The lowest BCUT2D eigenvalue weighted by Gasteiger charge is -2.54. The van der Waals surface area contributed by atoms with Crippen LogP contribution in [0.5, 0.6) is 0 Å². The summed E-state index contributed by atoms with van der Waals surface area (Å²) < 4.78 is 0. The highest BCUT2D eigenvalue weighted by atomic mass is 15.3. The molecule has 0 N–H and O–H groups in total. The van der Waals surface area contributed by atoms with Gasteiger partial charge in [0.2, 0.25) is 0 Å². The lowest BCUT2D eigenvalue weighted by Crippen LogP contribution is -2.63. The van der Waals surface area contributed by atoms with Crippen molar-refractivity contribution in [3.05, 3.63) is 0 Å². The van der Waals surface area contributed by atoms with E-state index in [1.807, 2.05) is 0 Å². The number of fused-ring (bicyclic) bond motifs is 1. The average molecular weight is 266 g/mol. The standard InChI is InChI=1S/C17H34N2/c1-16(2,3)13-18-11-7-10-15-14(18)9-8-12-19(15)17(4,5)6/h14-15H,7-13H2,1-6H3. The zero-order valence-corrected chi connectivity index (χ0v) is 14.0. The van der Waals surface area contributed by atoms with Crippen LogP contribution in [-0.2, 0) is 0 Å². The fraction of sp³-hybridized carbons (Fsp3) is 1.00. The van der Waals surface area contributed by atoms with Gasteiger partial charge in [0.25, 0.3) is 0 Å². The van der Waals surface area contributed by atoms with Crippen molar-refractivity contribution in [3.63, 3.8) is 0 Å². The second-order valence-electron chi connectivity index (χ2n) is 8.81. The number of likely N-dealkylation sites (tertiary alicyclic amines) is 2. The molecular formula is C17H34N2. The van der Waals surface area contributed by atoms with Crippen LogP contribution in [-0.4, -0.2) is 47.1 Å². The molecule has 2 unspecified atom stereocenters. The van der Waals surface area contributed by atoms with Gasteiger partial charge in [-0.05, 0) is 65.0 Å². The van der Waals surface area contributed by atoms with E-state index in [2.05, 4.69) is 51.3 Å². The number of piperidine rings is 2. The van der Waals surface area contributed by atoms with Crippen LogP contribution >= 0.6 is 0 Å². The van der Waals surface area contributed by atoms with Gasteiger partial charge in [-0.2, -0.15) is 0 Å². The molecule has 2 aliphatic heterocycles. The average Bonchev–Trinajstić information content (AvgIpc) is 2.25. The highest BCUT2D eigenvalue weighted by Gasteiger charge is 2.41. The van der Waals surface area contributed by atoms with Crippen molar-refractivity contribution in [2.24, 2.45) is 5.41 Å². The third kappa shape index (κ3) is 3.72. The summed E-state index contributed by atoms with van der Waals surface area (Å²) in [4.78, 5) is 5.59. The van der Waals surface area contributed by atoms with Crippen LogP contribution in [0.3, 0.4) is 0 Å². The van der Waals surface area contributed by atoms with E-state index in [0.717, 1.165) is 12.1 Å². The zero-order valence-electron chi connectivity index (χ0n) is 14.0. The quantitative estimate of drug-likeness (QED) is 0.713. The van der Waals surface area contributed by atoms with E-state index in [-0.39, 0.29) is 0 Å². The van der Waals surface area contributed by atoms with Crippen LogP contribution in [0.25, 0.3) is 0 Å². The van der Waals surface area contributed by atoms with Gasteiger partial charge in [0.05, 0.1) is 0 Å². The maximum atomic E-state index is 2.80. The molecule has 0 amide bonds. The van der Waals surface area contributed by atoms with E-state index in [0.29, 0.717) is 11.0 Å². The number of hydrogen-bond acceptors (Lipinski definition) is 2. The molecule has 0 radical (unpaired) electrons. The summed E-state index contributed by atoms with van der Waals surface area (Å²) >= 11 is 0. The summed E-state index contributed by atoms with van der Waals surface area (Å²) in [7, 11) is 0. The van der Waals surface area contributed by atoms with Gasteiger partial charge in [-0.3, -0.25) is 9.80 Å². The summed E-state index contributed by atoms with van der Waals surface area (Å²) in [6.07, 6.45) is 5.57. The van der Waals surface area contributed by atoms with Crippen molar-refractivity contribution < 1.29 is 0 Å². The fourth-order valence-electron chi connectivity index (χ4n) is 4.12. The Hall–Kier alpha value is -0.0800. The van der Waals surface area contributed by atoms with Gasteiger partial charge in [0, 0.05) is 24.2 Å². The molecule has 0 saturated carbocycles. The first-order valence-corrected chi connectivity index (χ1v) is 8.19. The van der Waals surface area contributed by atoms with Gasteiger partial charge in [0.15, 0.2) is 0 Å². The summed E-state index contributed by atoms with van der Waals surface area (Å²) in [6.45, 7) is 18.2. The minimum absolute atomic E-state index is 0.327. The lowest BCUT2D eigenvalue weighted by atomic mass is 9.83. The van der Waals surface area contributed by atoms with E-state index < -0.39 is 0 Å². The first-order chi connectivity index (χ1) is 8.68. The predicted molar refractivity (Wildman–Crippen MR) is 83.5 cm³/mol. The van der Waals surface area contributed by atoms with Crippen molar-refractivity contribution >= 4 is 0 Å². The Morgan fingerprint density at radius 3 is 2.00 bits per heavy atom. The topological polar surface area (TPSA) is 6.48 Å². The Bertz CT molecular complexity index is 297. The molecule has 0 aliphatic carbocycles. The molecule has 0 aromatic heterocycles. The van der Waals surface area contributed by atoms with Gasteiger partial charge >= 0.3 is 0 Å². The van der Waals surface area contributed by atoms with Crippen molar-refractivity contribution in [2.75, 3.05) is 19.6 Å². The smallest absolute Gasteiger partial charge is 0.0257 e. The molecule has 2 fully saturated rings. The zero-order chi connectivity index (χ0) is 14.3. The van der Waals surface area contributed by atoms with Crippen LogP contribution < -0.4 is 0 Å². The van der Waals surface area contributed by atoms with Crippen LogP contribution in [0.2, 0.25) is 0 Å². The monoisotopic (exact) mass is 266 g/mol. The number of hydrogen-bond donors (Lipinski definition) is 0. The van der Waals surface area contributed by atoms with Crippen LogP contribution in [0.15, 0.2) is 0 Å². The Balaban J connectivity index is 2.11. The van der Waals surface area contributed by atoms with E-state index >= 15 is 0 Å². The highest BCUT2D eigenvalue weighted by molar-refractivity contribution is 4.98. The van der Waals surface area contributed by atoms with Gasteiger partial charge in [-0.25, -0.2) is 0 Å². The Morgan fingerprint density at radius 1 is 0.842 bits per heavy atom. The molecule has 19 heavy (non-hydrogen) atoms. The molecule has 0 aromatic carbocycles. The third-order valence-corrected chi connectivity index (χ3v) is 4.70. The normalized spacial score (nSPS) is 31.3. The van der Waals surface area contributed by atoms with Crippen molar-refractivity contribution in [1.82, 2.24) is 9.80 Å². The Morgan fingerprint density at radius 2 is 1.42 bits per heavy atom. The molecule has 2 aliphatic rings. The van der Waals surface area contributed by atoms with Gasteiger partial charge in [-0.1, -0.05) is 20.8 Å². The van der Waals surface area contributed by atoms with E-state index in [9.17, 15) is 0 Å². The Labute approximate surface area is 120 Å². The molecule has 2 heteroatoms. The van der Waals surface area contributed by atoms with Crippen molar-refractivity contribution in [3.8, 4) is 0 Å². The van der Waals surface area contributed by atoms with Gasteiger partial charge in [0.1, 0.15) is 0 Å². The molecule has 2 nitrogen and oxygen atoms in total. The predicted octanol–water partition coefficient (Wildman–Crippen LogP) is 3.76. The number of nitrogens with zero attached hydrogens (tertiary/aromatic N) is 2. The maximum Gasteiger partial charge on any atom is 0.0257 e. The highest BCUT2D eigenvalue weighted by Crippen LogP contribution is 2.35. The second kappa shape index (κ2) is 5.37. The summed E-state index contributed by atoms with van der Waals surface area (Å²) in [5.41, 5.74) is 0.750. The van der Waals surface area contributed by atoms with Crippen molar-refractivity contribution in [1.29, 1.82) is 0 Å². The fourth-order valence-corrected chi connectivity index (χ4v) is 4.12. The van der Waals surface area contributed by atoms with E-state index in [1.54, 1.807) is 0 Å². The SMILES string of the molecule is CC(C)(C)CN1CCCC2C1CCCN2C(C)(C)C. The second-order valence-corrected chi connectivity index (χ2v) is 8.81. The minimum Gasteiger partial charge on any atom is -0.298 e. The molecule has 112 valence electrons. The van der Waals surface area contributed by atoms with E-state index in [4.69, 9.17) is 0 Å². The molecule has 0 bridgehead atoms. The molecule has 2 heterocycles. The molecule has 2 atom stereocenters. The lowest BCUT2D eigenvalue weighted by molar-refractivity contribution is -0.0456. The Kier molecular flexibility index (Phi) is 4.32. The maximum absolute atomic E-state index is 2.80. The molecule has 0 aromatic rings. The summed E-state index contributed by atoms with van der Waals surface area (Å²) in [5.74, 6) is 0. The largest absolute Gasteiger partial charge is 0.298 e. The molecule has 0 spiro atoms. The van der Waals surface area contributed by atoms with Crippen LogP contribution in [0.1, 0.15) is 67.2 Å². The van der Waals surface area contributed by atoms with Gasteiger partial charge < -0.3 is 0 Å². The van der Waals surface area contributed by atoms with E-state index in [1.165, 1.54) is 45.3 Å². The first kappa shape index (κ1) is 15.3. The number of rotatable bonds is 1. The summed E-state index contributed by atoms with van der Waals surface area (Å²) in [5, 5.41) is 0. The van der Waals surface area contributed by atoms with Crippen molar-refractivity contribution in [2.45, 2.75) is 84.8 Å². The summed E-state index contributed by atoms with van der Waals surface area (Å²) in [6, 6.07) is 1.60. The van der Waals surface area contributed by atoms with Crippen LogP contribution in [0, 0.1) is 5.41 Å². The minimum atomic E-state index is 0.327. The molecular weight excluding hydrogens is 232 g/mol. The molecule has 2 rings (SSSR count). The third-order valence-electron chi connectivity index (χ3n) is 4.70. The first-order valence-electron chi connectivity index (χ1n) is 8.19. The van der Waals surface area contributed by atoms with Gasteiger partial charge in [-0.15, -0.1) is 0 Å². The van der Waals surface area contributed by atoms with Crippen LogP contribution in [0.4, 0.5) is 0 Å². The molecule has 2 saturated heterocycles.